The van der Waals surface area contributed by atoms with Crippen LogP contribution in [0.2, 0.25) is 0 Å². The van der Waals surface area contributed by atoms with E-state index in [-0.39, 0.29) is 34.2 Å². The van der Waals surface area contributed by atoms with Crippen molar-refractivity contribution in [3.8, 4) is 17.1 Å². The molecule has 3 rings (SSSR count). The summed E-state index contributed by atoms with van der Waals surface area (Å²) < 4.78 is 36.9. The first kappa shape index (κ1) is 19.9. The molecule has 11 nitrogen and oxygen atoms in total. The van der Waals surface area contributed by atoms with Crippen LogP contribution in [-0.2, 0) is 21.4 Å². The van der Waals surface area contributed by atoms with Gasteiger partial charge in [0.05, 0.1) is 13.7 Å². The van der Waals surface area contributed by atoms with Crippen molar-refractivity contribution >= 4 is 32.4 Å². The summed E-state index contributed by atoms with van der Waals surface area (Å²) in [6, 6.07) is 7.05. The molecule has 0 saturated heterocycles. The molecule has 0 bridgehead atoms. The molecule has 13 heteroatoms. The third-order valence-corrected chi connectivity index (χ3v) is 6.02. The van der Waals surface area contributed by atoms with E-state index < -0.39 is 10.0 Å². The number of carbonyl (C=O) groups is 1. The molecule has 2 aromatic heterocycles. The van der Waals surface area contributed by atoms with E-state index in [1.165, 1.54) is 0 Å². The maximum Gasteiger partial charge on any atom is 0.270 e. The summed E-state index contributed by atoms with van der Waals surface area (Å²) in [7, 11) is -2.41. The van der Waals surface area contributed by atoms with E-state index in [1.54, 1.807) is 38.3 Å². The normalized spacial score (nSPS) is 11.4. The zero-order valence-electron chi connectivity index (χ0n) is 14.9. The third-order valence-electron chi connectivity index (χ3n) is 3.41. The van der Waals surface area contributed by atoms with Crippen molar-refractivity contribution in [2.45, 2.75) is 24.2 Å². The number of aromatic nitrogens is 4. The Balaban J connectivity index is 1.66. The summed E-state index contributed by atoms with van der Waals surface area (Å²) in [5, 5.41) is 13.6. The summed E-state index contributed by atoms with van der Waals surface area (Å²) in [6.07, 6.45) is 0.243. The molecule has 0 spiro atoms. The second-order valence-electron chi connectivity index (χ2n) is 5.34. The van der Waals surface area contributed by atoms with Crippen LogP contribution in [-0.4, -0.2) is 41.8 Å². The minimum atomic E-state index is -3.95. The Morgan fingerprint density at radius 2 is 2.14 bits per heavy atom. The molecule has 2 heterocycles. The van der Waals surface area contributed by atoms with Crippen molar-refractivity contribution in [2.24, 2.45) is 0 Å². The van der Waals surface area contributed by atoms with Crippen LogP contribution in [0.3, 0.4) is 0 Å². The Morgan fingerprint density at radius 1 is 1.32 bits per heavy atom. The van der Waals surface area contributed by atoms with Gasteiger partial charge in [0.15, 0.2) is 0 Å². The molecule has 2 N–H and O–H groups in total. The van der Waals surface area contributed by atoms with Crippen LogP contribution >= 0.6 is 11.3 Å². The highest BCUT2D eigenvalue weighted by Crippen LogP contribution is 2.22. The van der Waals surface area contributed by atoms with E-state index in [0.29, 0.717) is 17.1 Å². The molecule has 148 valence electrons. The Hall–Kier alpha value is -2.90. The van der Waals surface area contributed by atoms with Gasteiger partial charge in [0, 0.05) is 12.0 Å². The summed E-state index contributed by atoms with van der Waals surface area (Å²) in [5.41, 5.74) is 0.664. The first-order chi connectivity index (χ1) is 13.4. The van der Waals surface area contributed by atoms with Gasteiger partial charge >= 0.3 is 0 Å². The number of hydrogen-bond acceptors (Lipinski definition) is 10. The lowest BCUT2D eigenvalue weighted by Crippen LogP contribution is -2.23. The molecular formula is C15H16N6O5S2. The first-order valence-electron chi connectivity index (χ1n) is 8.01. The van der Waals surface area contributed by atoms with Gasteiger partial charge in [-0.1, -0.05) is 35.5 Å². The molecular weight excluding hydrogens is 408 g/mol. The topological polar surface area (TPSA) is 149 Å². The Kier molecular flexibility index (Phi) is 5.96. The average molecular weight is 424 g/mol. The van der Waals surface area contributed by atoms with E-state index in [9.17, 15) is 13.2 Å². The molecule has 0 fully saturated rings. The van der Waals surface area contributed by atoms with E-state index in [2.05, 4.69) is 30.4 Å². The number of benzene rings is 1. The zero-order chi connectivity index (χ0) is 20.1. The predicted molar refractivity (Wildman–Crippen MR) is 99.1 cm³/mol. The fourth-order valence-corrected chi connectivity index (χ4v) is 3.93. The van der Waals surface area contributed by atoms with Gasteiger partial charge in [-0.25, -0.2) is 8.42 Å². The number of nitrogens with zero attached hydrogens (tertiary/aromatic N) is 4. The minimum Gasteiger partial charge on any atom is -0.497 e. The maximum atomic E-state index is 12.3. The predicted octanol–water partition coefficient (Wildman–Crippen LogP) is 1.42. The van der Waals surface area contributed by atoms with Crippen molar-refractivity contribution in [3.63, 3.8) is 0 Å². The van der Waals surface area contributed by atoms with Crippen molar-refractivity contribution < 1.29 is 22.5 Å². The van der Waals surface area contributed by atoms with Crippen LogP contribution in [0.5, 0.6) is 5.75 Å². The second kappa shape index (κ2) is 8.41. The van der Waals surface area contributed by atoms with Crippen LogP contribution in [0, 0.1) is 0 Å². The number of nitrogens with one attached hydrogen (secondary N) is 2. The van der Waals surface area contributed by atoms with Crippen molar-refractivity contribution in [2.75, 3.05) is 12.4 Å². The molecule has 0 aliphatic carbocycles. The van der Waals surface area contributed by atoms with E-state index in [4.69, 9.17) is 9.26 Å². The SMILES string of the molecule is CCC(=O)Nc1nnc(S(=O)(=O)NCc2nc(-c3cccc(OC)c3)no2)s1. The van der Waals surface area contributed by atoms with Gasteiger partial charge in [-0.3, -0.25) is 4.79 Å². The quantitative estimate of drug-likeness (QED) is 0.512. The van der Waals surface area contributed by atoms with Gasteiger partial charge in [0.25, 0.3) is 10.0 Å². The molecule has 0 radical (unpaired) electrons. The lowest BCUT2D eigenvalue weighted by atomic mass is 10.2. The molecule has 0 aliphatic heterocycles. The van der Waals surface area contributed by atoms with E-state index >= 15 is 0 Å². The van der Waals surface area contributed by atoms with Crippen molar-refractivity contribution in [1.82, 2.24) is 25.1 Å². The number of sulfonamides is 1. The summed E-state index contributed by atoms with van der Waals surface area (Å²) in [4.78, 5) is 15.5. The number of rotatable bonds is 8. The number of hydrogen-bond donors (Lipinski definition) is 2. The van der Waals surface area contributed by atoms with Crippen LogP contribution < -0.4 is 14.8 Å². The zero-order valence-corrected chi connectivity index (χ0v) is 16.5. The van der Waals surface area contributed by atoms with Gasteiger partial charge in [0.2, 0.25) is 27.1 Å². The molecule has 0 unspecified atom stereocenters. The minimum absolute atomic E-state index is 0.0745. The van der Waals surface area contributed by atoms with Crippen LogP contribution in [0.15, 0.2) is 33.1 Å². The maximum absolute atomic E-state index is 12.3. The number of amides is 1. The fourth-order valence-electron chi connectivity index (χ4n) is 2.00. The lowest BCUT2D eigenvalue weighted by molar-refractivity contribution is -0.115. The lowest BCUT2D eigenvalue weighted by Gasteiger charge is -2.00. The van der Waals surface area contributed by atoms with Crippen LogP contribution in [0.4, 0.5) is 5.13 Å². The highest BCUT2D eigenvalue weighted by atomic mass is 32.2. The Bertz CT molecular complexity index is 1080. The highest BCUT2D eigenvalue weighted by Gasteiger charge is 2.22. The monoisotopic (exact) mass is 424 g/mol. The van der Waals surface area contributed by atoms with Gasteiger partial charge in [-0.05, 0) is 12.1 Å². The Labute approximate surface area is 164 Å². The summed E-state index contributed by atoms with van der Waals surface area (Å²) in [5.74, 6) is 0.717. The Morgan fingerprint density at radius 3 is 2.89 bits per heavy atom. The second-order valence-corrected chi connectivity index (χ2v) is 8.26. The van der Waals surface area contributed by atoms with Crippen LogP contribution in [0.25, 0.3) is 11.4 Å². The summed E-state index contributed by atoms with van der Waals surface area (Å²) >= 11 is 0.740. The number of ether oxygens (including phenoxy) is 1. The highest BCUT2D eigenvalue weighted by molar-refractivity contribution is 7.91. The molecule has 0 saturated carbocycles. The van der Waals surface area contributed by atoms with Gasteiger partial charge in [-0.15, -0.1) is 10.2 Å². The number of anilines is 1. The first-order valence-corrected chi connectivity index (χ1v) is 10.3. The molecule has 28 heavy (non-hydrogen) atoms. The summed E-state index contributed by atoms with van der Waals surface area (Å²) in [6.45, 7) is 1.44. The number of methoxy groups -OCH3 is 1. The van der Waals surface area contributed by atoms with Gasteiger partial charge in [-0.2, -0.15) is 9.71 Å². The van der Waals surface area contributed by atoms with Crippen molar-refractivity contribution in [1.29, 1.82) is 0 Å². The molecule has 3 aromatic rings. The van der Waals surface area contributed by atoms with Crippen LogP contribution in [0.1, 0.15) is 19.2 Å². The number of carbonyl (C=O) groups excluding carboxylic acids is 1. The average Bonchev–Trinajstić information content (AvgIpc) is 3.36. The largest absolute Gasteiger partial charge is 0.497 e. The van der Waals surface area contributed by atoms with E-state index in [0.717, 1.165) is 11.3 Å². The fraction of sp³-hybridized carbons (Fsp3) is 0.267. The van der Waals surface area contributed by atoms with Gasteiger partial charge < -0.3 is 14.6 Å². The van der Waals surface area contributed by atoms with Crippen molar-refractivity contribution in [3.05, 3.63) is 30.2 Å². The third kappa shape index (κ3) is 4.68. The van der Waals surface area contributed by atoms with E-state index in [1.807, 2.05) is 0 Å². The molecule has 1 amide bonds. The molecule has 1 aromatic carbocycles. The molecule has 0 atom stereocenters. The van der Waals surface area contributed by atoms with Gasteiger partial charge in [0.1, 0.15) is 5.75 Å². The standard InChI is InChI=1S/C15H16N6O5S2/c1-3-11(22)17-14-19-20-15(27-14)28(23,24)16-8-12-18-13(21-26-12)9-5-4-6-10(7-9)25-2/h4-7,16H,3,8H2,1-2H3,(H,17,19,22). The molecule has 0 aliphatic rings. The smallest absolute Gasteiger partial charge is 0.270 e.